The summed E-state index contributed by atoms with van der Waals surface area (Å²) in [6, 6.07) is 14.8. The van der Waals surface area contributed by atoms with E-state index in [2.05, 4.69) is 19.1 Å². The third-order valence-corrected chi connectivity index (χ3v) is 4.81. The molecule has 26 heavy (non-hydrogen) atoms. The minimum atomic E-state index is -0.456. The molecule has 0 aliphatic carbocycles. The van der Waals surface area contributed by atoms with E-state index in [1.54, 1.807) is 12.1 Å². The van der Waals surface area contributed by atoms with Gasteiger partial charge in [0.1, 0.15) is 0 Å². The lowest BCUT2D eigenvalue weighted by Gasteiger charge is -2.24. The Hall–Kier alpha value is -2.88. The molecule has 2 aromatic carbocycles. The van der Waals surface area contributed by atoms with Crippen molar-refractivity contribution < 1.29 is 9.59 Å². The standard InChI is InChI=1S/C22H24N2O2/c1-2-3-7-18-8-6-15-24(18)22(26)17-13-11-16(12-14-17)19-9-4-5-10-20(19)21(23)25/h4-6,8-14,18H,2-3,7,15H2,1H3,(H2,23,25). The number of benzene rings is 2. The average molecular weight is 348 g/mol. The van der Waals surface area contributed by atoms with Crippen molar-refractivity contribution in [2.24, 2.45) is 5.73 Å². The summed E-state index contributed by atoms with van der Waals surface area (Å²) in [6.45, 7) is 2.83. The first-order valence-corrected chi connectivity index (χ1v) is 9.08. The number of amides is 2. The molecule has 1 aliphatic heterocycles. The van der Waals surface area contributed by atoms with Gasteiger partial charge in [-0.3, -0.25) is 9.59 Å². The van der Waals surface area contributed by atoms with E-state index in [9.17, 15) is 9.59 Å². The number of rotatable bonds is 6. The third-order valence-electron chi connectivity index (χ3n) is 4.81. The molecule has 2 amide bonds. The maximum atomic E-state index is 12.9. The molecule has 1 unspecified atom stereocenters. The fourth-order valence-electron chi connectivity index (χ4n) is 3.38. The lowest BCUT2D eigenvalue weighted by molar-refractivity contribution is 0.0743. The highest BCUT2D eigenvalue weighted by Gasteiger charge is 2.25. The van der Waals surface area contributed by atoms with Crippen molar-refractivity contribution in [2.75, 3.05) is 6.54 Å². The second-order valence-electron chi connectivity index (χ2n) is 6.58. The number of nitrogens with zero attached hydrogens (tertiary/aromatic N) is 1. The number of nitrogens with two attached hydrogens (primary N) is 1. The lowest BCUT2D eigenvalue weighted by Crippen LogP contribution is -2.36. The second-order valence-corrected chi connectivity index (χ2v) is 6.58. The van der Waals surface area contributed by atoms with Crippen LogP contribution < -0.4 is 5.73 Å². The van der Waals surface area contributed by atoms with Gasteiger partial charge in [0.2, 0.25) is 5.91 Å². The highest BCUT2D eigenvalue weighted by molar-refractivity contribution is 6.00. The van der Waals surface area contributed by atoms with E-state index in [1.165, 1.54) is 0 Å². The third kappa shape index (κ3) is 3.69. The normalized spacial score (nSPS) is 16.0. The van der Waals surface area contributed by atoms with Crippen LogP contribution in [0.1, 0.15) is 46.9 Å². The van der Waals surface area contributed by atoms with Crippen molar-refractivity contribution in [2.45, 2.75) is 32.2 Å². The Bertz CT molecular complexity index is 824. The van der Waals surface area contributed by atoms with Gasteiger partial charge in [-0.05, 0) is 35.7 Å². The molecule has 1 aliphatic rings. The first-order chi connectivity index (χ1) is 12.6. The molecule has 134 valence electrons. The van der Waals surface area contributed by atoms with Crippen molar-refractivity contribution in [3.8, 4) is 11.1 Å². The first kappa shape index (κ1) is 17.9. The quantitative estimate of drug-likeness (QED) is 0.801. The zero-order valence-corrected chi connectivity index (χ0v) is 15.0. The van der Waals surface area contributed by atoms with Crippen molar-refractivity contribution in [1.29, 1.82) is 0 Å². The molecule has 0 bridgehead atoms. The van der Waals surface area contributed by atoms with Gasteiger partial charge in [0.05, 0.1) is 6.04 Å². The molecule has 1 atom stereocenters. The number of hydrogen-bond donors (Lipinski definition) is 1. The molecule has 4 nitrogen and oxygen atoms in total. The van der Waals surface area contributed by atoms with Crippen LogP contribution in [0.15, 0.2) is 60.7 Å². The largest absolute Gasteiger partial charge is 0.366 e. The van der Waals surface area contributed by atoms with Crippen LogP contribution in [-0.2, 0) is 0 Å². The number of carbonyl (C=O) groups is 2. The Morgan fingerprint density at radius 3 is 2.54 bits per heavy atom. The zero-order valence-electron chi connectivity index (χ0n) is 15.0. The molecule has 4 heteroatoms. The second kappa shape index (κ2) is 8.00. The molecule has 0 saturated heterocycles. The summed E-state index contributed by atoms with van der Waals surface area (Å²) in [5.74, 6) is -0.409. The Kier molecular flexibility index (Phi) is 5.52. The van der Waals surface area contributed by atoms with E-state index in [0.717, 1.165) is 30.4 Å². The molecule has 2 N–H and O–H groups in total. The minimum Gasteiger partial charge on any atom is -0.366 e. The number of carbonyl (C=O) groups excluding carboxylic acids is 2. The number of primary amides is 1. The van der Waals surface area contributed by atoms with E-state index in [1.807, 2.05) is 41.3 Å². The Labute approximate surface area is 154 Å². The summed E-state index contributed by atoms with van der Waals surface area (Å²) in [7, 11) is 0. The average Bonchev–Trinajstić information content (AvgIpc) is 3.14. The predicted molar refractivity (Wildman–Crippen MR) is 104 cm³/mol. The molecule has 0 spiro atoms. The molecule has 1 heterocycles. The first-order valence-electron chi connectivity index (χ1n) is 9.08. The molecule has 0 aromatic heterocycles. The van der Waals surface area contributed by atoms with Gasteiger partial charge in [-0.25, -0.2) is 0 Å². The van der Waals surface area contributed by atoms with Crippen molar-refractivity contribution in [1.82, 2.24) is 4.90 Å². The van der Waals surface area contributed by atoms with E-state index in [4.69, 9.17) is 5.73 Å². The highest BCUT2D eigenvalue weighted by Crippen LogP contribution is 2.25. The smallest absolute Gasteiger partial charge is 0.254 e. The topological polar surface area (TPSA) is 63.4 Å². The highest BCUT2D eigenvalue weighted by atomic mass is 16.2. The zero-order chi connectivity index (χ0) is 18.5. The van der Waals surface area contributed by atoms with Gasteiger partial charge in [-0.1, -0.05) is 62.2 Å². The number of unbranched alkanes of at least 4 members (excludes halogenated alkanes) is 1. The summed E-state index contributed by atoms with van der Waals surface area (Å²) >= 11 is 0. The summed E-state index contributed by atoms with van der Waals surface area (Å²) in [4.78, 5) is 26.4. The van der Waals surface area contributed by atoms with E-state index in [0.29, 0.717) is 17.7 Å². The molecule has 0 saturated carbocycles. The Balaban J connectivity index is 1.80. The fraction of sp³-hybridized carbons (Fsp3) is 0.273. The number of hydrogen-bond acceptors (Lipinski definition) is 2. The minimum absolute atomic E-state index is 0.0471. The monoisotopic (exact) mass is 348 g/mol. The van der Waals surface area contributed by atoms with Crippen LogP contribution in [0.4, 0.5) is 0 Å². The molecule has 3 rings (SSSR count). The van der Waals surface area contributed by atoms with E-state index < -0.39 is 5.91 Å². The molecular formula is C22H24N2O2. The summed E-state index contributed by atoms with van der Waals surface area (Å²) < 4.78 is 0. The van der Waals surface area contributed by atoms with E-state index in [-0.39, 0.29) is 11.9 Å². The maximum Gasteiger partial charge on any atom is 0.254 e. The van der Waals surface area contributed by atoms with Crippen LogP contribution in [-0.4, -0.2) is 29.3 Å². The molecule has 0 fully saturated rings. The van der Waals surface area contributed by atoms with Crippen LogP contribution in [0.3, 0.4) is 0 Å². The molecular weight excluding hydrogens is 324 g/mol. The molecule has 2 aromatic rings. The van der Waals surface area contributed by atoms with Gasteiger partial charge in [0.25, 0.3) is 5.91 Å². The van der Waals surface area contributed by atoms with Gasteiger partial charge >= 0.3 is 0 Å². The summed E-state index contributed by atoms with van der Waals surface area (Å²) in [5, 5.41) is 0. The SMILES string of the molecule is CCCCC1C=CCN1C(=O)c1ccc(-c2ccccc2C(N)=O)cc1. The van der Waals surface area contributed by atoms with Crippen molar-refractivity contribution >= 4 is 11.8 Å². The van der Waals surface area contributed by atoms with Crippen LogP contribution in [0.5, 0.6) is 0 Å². The van der Waals surface area contributed by atoms with Crippen LogP contribution in [0, 0.1) is 0 Å². The Morgan fingerprint density at radius 1 is 1.12 bits per heavy atom. The van der Waals surface area contributed by atoms with Crippen LogP contribution in [0.2, 0.25) is 0 Å². The van der Waals surface area contributed by atoms with Crippen molar-refractivity contribution in [3.05, 3.63) is 71.8 Å². The van der Waals surface area contributed by atoms with Crippen LogP contribution in [0.25, 0.3) is 11.1 Å². The summed E-state index contributed by atoms with van der Waals surface area (Å²) in [5.41, 5.74) is 8.26. The van der Waals surface area contributed by atoms with Crippen LogP contribution >= 0.6 is 0 Å². The van der Waals surface area contributed by atoms with Gasteiger partial charge in [-0.2, -0.15) is 0 Å². The maximum absolute atomic E-state index is 12.9. The molecule has 0 radical (unpaired) electrons. The van der Waals surface area contributed by atoms with E-state index >= 15 is 0 Å². The Morgan fingerprint density at radius 2 is 1.85 bits per heavy atom. The van der Waals surface area contributed by atoms with Gasteiger partial charge in [-0.15, -0.1) is 0 Å². The lowest BCUT2D eigenvalue weighted by atomic mass is 9.98. The van der Waals surface area contributed by atoms with Gasteiger partial charge in [0.15, 0.2) is 0 Å². The summed E-state index contributed by atoms with van der Waals surface area (Å²) in [6.07, 6.45) is 7.44. The predicted octanol–water partition coefficient (Wildman–Crippen LogP) is 4.02. The fourth-order valence-corrected chi connectivity index (χ4v) is 3.38. The van der Waals surface area contributed by atoms with Crippen molar-refractivity contribution in [3.63, 3.8) is 0 Å². The van der Waals surface area contributed by atoms with Gasteiger partial charge < -0.3 is 10.6 Å². The van der Waals surface area contributed by atoms with Gasteiger partial charge in [0, 0.05) is 17.7 Å².